The van der Waals surface area contributed by atoms with Crippen molar-refractivity contribution in [1.82, 2.24) is 4.98 Å². The van der Waals surface area contributed by atoms with E-state index in [9.17, 15) is 14.4 Å². The lowest BCUT2D eigenvalue weighted by Gasteiger charge is -2.13. The topological polar surface area (TPSA) is 73.3 Å². The average Bonchev–Trinajstić information content (AvgIpc) is 2.39. The molecule has 0 N–H and O–H groups in total. The van der Waals surface area contributed by atoms with E-state index in [0.717, 1.165) is 0 Å². The second-order valence-corrected chi connectivity index (χ2v) is 4.67. The number of ether oxygens (including phenoxy) is 1. The fourth-order valence-electron chi connectivity index (χ4n) is 1.67. The van der Waals surface area contributed by atoms with Gasteiger partial charge in [-0.1, -0.05) is 11.6 Å². The molecule has 1 aromatic rings. The monoisotopic (exact) mass is 297 g/mol. The zero-order chi connectivity index (χ0) is 15.1. The third-order valence-electron chi connectivity index (χ3n) is 2.68. The number of esters is 1. The highest BCUT2D eigenvalue weighted by molar-refractivity contribution is 6.29. The van der Waals surface area contributed by atoms with E-state index in [4.69, 9.17) is 16.3 Å². The molecule has 20 heavy (non-hydrogen) atoms. The van der Waals surface area contributed by atoms with Gasteiger partial charge in [-0.2, -0.15) is 0 Å². The molecule has 0 bridgehead atoms. The van der Waals surface area contributed by atoms with Gasteiger partial charge in [0.1, 0.15) is 16.9 Å². The maximum atomic E-state index is 12.3. The van der Waals surface area contributed by atoms with Crippen molar-refractivity contribution in [2.75, 3.05) is 6.61 Å². The molecule has 0 spiro atoms. The zero-order valence-electron chi connectivity index (χ0n) is 11.4. The largest absolute Gasteiger partial charge is 0.465 e. The van der Waals surface area contributed by atoms with Gasteiger partial charge in [0.15, 0.2) is 5.78 Å². The van der Waals surface area contributed by atoms with Gasteiger partial charge < -0.3 is 9.53 Å². The number of hydrogen-bond donors (Lipinski definition) is 0. The van der Waals surface area contributed by atoms with Crippen molar-refractivity contribution in [3.8, 4) is 0 Å². The summed E-state index contributed by atoms with van der Waals surface area (Å²) in [6.07, 6.45) is 1.59. The summed E-state index contributed by atoms with van der Waals surface area (Å²) < 4.78 is 4.89. The minimum atomic E-state index is -0.984. The quantitative estimate of drug-likeness (QED) is 0.334. The van der Waals surface area contributed by atoms with E-state index in [1.54, 1.807) is 6.92 Å². The van der Waals surface area contributed by atoms with E-state index in [1.807, 2.05) is 0 Å². The fraction of sp³-hybridized carbons (Fsp3) is 0.429. The van der Waals surface area contributed by atoms with Gasteiger partial charge in [-0.3, -0.25) is 9.59 Å². The van der Waals surface area contributed by atoms with E-state index in [-0.39, 0.29) is 35.9 Å². The minimum absolute atomic E-state index is 0.0821. The van der Waals surface area contributed by atoms with Crippen LogP contribution in [-0.2, 0) is 14.3 Å². The van der Waals surface area contributed by atoms with Gasteiger partial charge in [0.05, 0.1) is 6.61 Å². The van der Waals surface area contributed by atoms with Crippen LogP contribution in [0, 0.1) is 5.92 Å². The lowest BCUT2D eigenvalue weighted by atomic mass is 9.93. The third-order valence-corrected chi connectivity index (χ3v) is 2.91. The number of pyridine rings is 1. The number of hydrogen-bond acceptors (Lipinski definition) is 5. The number of ketones is 2. The van der Waals surface area contributed by atoms with E-state index in [2.05, 4.69) is 4.98 Å². The highest BCUT2D eigenvalue weighted by Gasteiger charge is 2.29. The second kappa shape index (κ2) is 7.75. The van der Waals surface area contributed by atoms with E-state index >= 15 is 0 Å². The number of aromatic nitrogens is 1. The molecule has 0 fully saturated rings. The molecule has 0 saturated heterocycles. The summed E-state index contributed by atoms with van der Waals surface area (Å²) in [6, 6.07) is 2.97. The molecule has 0 aromatic carbocycles. The van der Waals surface area contributed by atoms with Gasteiger partial charge in [-0.15, -0.1) is 0 Å². The Labute approximate surface area is 122 Å². The molecule has 1 heterocycles. The standard InChI is InChI=1S/C14H16ClNO4/c1-3-20-14(19)11(6-4-9(2)17)13(18)10-5-7-12(15)16-8-10/h5,7-8,11H,3-4,6H2,1-2H3. The van der Waals surface area contributed by atoms with Crippen LogP contribution in [0.3, 0.4) is 0 Å². The molecule has 0 saturated carbocycles. The Balaban J connectivity index is 2.90. The number of halogens is 1. The first-order chi connectivity index (χ1) is 9.45. The lowest BCUT2D eigenvalue weighted by molar-refractivity contribution is -0.146. The average molecular weight is 298 g/mol. The number of rotatable bonds is 7. The molecule has 1 unspecified atom stereocenters. The smallest absolute Gasteiger partial charge is 0.316 e. The van der Waals surface area contributed by atoms with Gasteiger partial charge in [-0.05, 0) is 32.4 Å². The molecule has 1 atom stereocenters. The first kappa shape index (κ1) is 16.3. The summed E-state index contributed by atoms with van der Waals surface area (Å²) in [7, 11) is 0. The van der Waals surface area contributed by atoms with E-state index in [0.29, 0.717) is 0 Å². The molecule has 0 amide bonds. The van der Waals surface area contributed by atoms with Crippen molar-refractivity contribution in [3.63, 3.8) is 0 Å². The highest BCUT2D eigenvalue weighted by Crippen LogP contribution is 2.17. The van der Waals surface area contributed by atoms with Crippen LogP contribution in [0.25, 0.3) is 0 Å². The predicted octanol–water partition coefficient (Wildman–Crippen LogP) is 2.47. The van der Waals surface area contributed by atoms with Crippen LogP contribution in [0.2, 0.25) is 5.15 Å². The van der Waals surface area contributed by atoms with E-state index < -0.39 is 17.7 Å². The first-order valence-corrected chi connectivity index (χ1v) is 6.65. The lowest BCUT2D eigenvalue weighted by Crippen LogP contribution is -2.27. The van der Waals surface area contributed by atoms with Gasteiger partial charge >= 0.3 is 5.97 Å². The van der Waals surface area contributed by atoms with Crippen LogP contribution >= 0.6 is 11.6 Å². The zero-order valence-corrected chi connectivity index (χ0v) is 12.1. The van der Waals surface area contributed by atoms with Crippen molar-refractivity contribution < 1.29 is 19.1 Å². The maximum absolute atomic E-state index is 12.3. The Morgan fingerprint density at radius 1 is 1.35 bits per heavy atom. The van der Waals surface area contributed by atoms with Crippen LogP contribution in [0.4, 0.5) is 0 Å². The van der Waals surface area contributed by atoms with Crippen molar-refractivity contribution in [2.45, 2.75) is 26.7 Å². The highest BCUT2D eigenvalue weighted by atomic mass is 35.5. The number of nitrogens with zero attached hydrogens (tertiary/aromatic N) is 1. The SMILES string of the molecule is CCOC(=O)C(CCC(C)=O)C(=O)c1ccc(Cl)nc1. The van der Waals surface area contributed by atoms with Gasteiger partial charge in [0.2, 0.25) is 0 Å². The van der Waals surface area contributed by atoms with Crippen LogP contribution in [-0.4, -0.2) is 29.1 Å². The predicted molar refractivity (Wildman–Crippen MR) is 73.6 cm³/mol. The van der Waals surface area contributed by atoms with Crippen LogP contribution < -0.4 is 0 Å². The number of carbonyl (C=O) groups is 3. The maximum Gasteiger partial charge on any atom is 0.316 e. The molecule has 0 aliphatic heterocycles. The van der Waals surface area contributed by atoms with Crippen LogP contribution in [0.15, 0.2) is 18.3 Å². The van der Waals surface area contributed by atoms with Gasteiger partial charge in [0, 0.05) is 18.2 Å². The molecule has 5 nitrogen and oxygen atoms in total. The Hall–Kier alpha value is -1.75. The molecule has 6 heteroatoms. The summed E-state index contributed by atoms with van der Waals surface area (Å²) in [5.74, 6) is -2.09. The molecule has 0 aliphatic carbocycles. The molecule has 108 valence electrons. The molecular formula is C14H16ClNO4. The summed E-state index contributed by atoms with van der Waals surface area (Å²) in [5.41, 5.74) is 0.274. The Bertz CT molecular complexity index is 498. The van der Waals surface area contributed by atoms with Crippen molar-refractivity contribution >= 4 is 29.1 Å². The van der Waals surface area contributed by atoms with Gasteiger partial charge in [0.25, 0.3) is 0 Å². The summed E-state index contributed by atoms with van der Waals surface area (Å²) in [5, 5.41) is 0.262. The minimum Gasteiger partial charge on any atom is -0.465 e. The Kier molecular flexibility index (Phi) is 6.31. The second-order valence-electron chi connectivity index (χ2n) is 4.28. The van der Waals surface area contributed by atoms with Crippen molar-refractivity contribution in [1.29, 1.82) is 0 Å². The number of carbonyl (C=O) groups excluding carboxylic acids is 3. The summed E-state index contributed by atoms with van der Waals surface area (Å²) in [6.45, 7) is 3.26. The molecule has 0 radical (unpaired) electrons. The normalized spacial score (nSPS) is 11.8. The van der Waals surface area contributed by atoms with Crippen LogP contribution in [0.1, 0.15) is 37.0 Å². The first-order valence-electron chi connectivity index (χ1n) is 6.27. The Morgan fingerprint density at radius 3 is 2.55 bits per heavy atom. The molecular weight excluding hydrogens is 282 g/mol. The third kappa shape index (κ3) is 4.74. The summed E-state index contributed by atoms with van der Waals surface area (Å²) >= 11 is 5.65. The Morgan fingerprint density at radius 2 is 2.05 bits per heavy atom. The van der Waals surface area contributed by atoms with Crippen molar-refractivity contribution in [2.24, 2.45) is 5.92 Å². The van der Waals surface area contributed by atoms with E-state index in [1.165, 1.54) is 25.3 Å². The molecule has 1 rings (SSSR count). The van der Waals surface area contributed by atoms with Gasteiger partial charge in [-0.25, -0.2) is 4.98 Å². The van der Waals surface area contributed by atoms with Crippen molar-refractivity contribution in [3.05, 3.63) is 29.0 Å². The molecule has 0 aliphatic rings. The number of Topliss-reactive ketones (excluding diaryl/α,β-unsaturated/α-hetero) is 2. The summed E-state index contributed by atoms with van der Waals surface area (Å²) in [4.78, 5) is 39.0. The van der Waals surface area contributed by atoms with Crippen LogP contribution in [0.5, 0.6) is 0 Å². The fourth-order valence-corrected chi connectivity index (χ4v) is 1.78. The molecule has 1 aromatic heterocycles.